The molecule has 0 aliphatic carbocycles. The zero-order valence-electron chi connectivity index (χ0n) is 11.3. The van der Waals surface area contributed by atoms with Crippen LogP contribution in [0.15, 0.2) is 12.3 Å². The summed E-state index contributed by atoms with van der Waals surface area (Å²) in [5.41, 5.74) is 6.88. The normalized spacial score (nSPS) is 19.6. The predicted molar refractivity (Wildman–Crippen MR) is 69.4 cm³/mol. The Labute approximate surface area is 112 Å². The van der Waals surface area contributed by atoms with Crippen LogP contribution in [0.4, 0.5) is 0 Å². The largest absolute Gasteiger partial charge is 0.464 e. The molecule has 1 atom stereocenters. The van der Waals surface area contributed by atoms with Gasteiger partial charge in [0.15, 0.2) is 0 Å². The van der Waals surface area contributed by atoms with Gasteiger partial charge in [-0.15, -0.1) is 0 Å². The number of carbonyl (C=O) groups excluding carboxylic acids is 2. The van der Waals surface area contributed by atoms with E-state index in [0.29, 0.717) is 12.2 Å². The number of likely N-dealkylation sites (tertiary alicyclic amines) is 1. The van der Waals surface area contributed by atoms with Crippen LogP contribution in [-0.4, -0.2) is 41.0 Å². The lowest BCUT2D eigenvalue weighted by Crippen LogP contribution is -2.39. The van der Waals surface area contributed by atoms with Crippen LogP contribution in [-0.2, 0) is 23.1 Å². The van der Waals surface area contributed by atoms with Gasteiger partial charge >= 0.3 is 5.97 Å². The number of rotatable bonds is 4. The summed E-state index contributed by atoms with van der Waals surface area (Å²) in [5, 5.41) is 0. The topological polar surface area (TPSA) is 77.6 Å². The monoisotopic (exact) mass is 265 g/mol. The molecule has 1 aliphatic rings. The van der Waals surface area contributed by atoms with Crippen molar-refractivity contribution in [3.63, 3.8) is 0 Å². The number of nitrogens with zero attached hydrogens (tertiary/aromatic N) is 2. The number of aromatic nitrogens is 1. The maximum absolute atomic E-state index is 11.5. The molecule has 0 unspecified atom stereocenters. The van der Waals surface area contributed by atoms with Gasteiger partial charge in [-0.05, 0) is 31.0 Å². The van der Waals surface area contributed by atoms with Crippen molar-refractivity contribution in [2.75, 3.05) is 13.7 Å². The molecule has 2 rings (SSSR count). The predicted octanol–water partition coefficient (Wildman–Crippen LogP) is 0.261. The maximum Gasteiger partial charge on any atom is 0.354 e. The van der Waals surface area contributed by atoms with Gasteiger partial charge in [0, 0.05) is 19.8 Å². The summed E-state index contributed by atoms with van der Waals surface area (Å²) < 4.78 is 6.44. The van der Waals surface area contributed by atoms with Crippen LogP contribution >= 0.6 is 0 Å². The Morgan fingerprint density at radius 1 is 1.53 bits per heavy atom. The Morgan fingerprint density at radius 3 is 2.89 bits per heavy atom. The molecular formula is C13H19N3O3. The lowest BCUT2D eigenvalue weighted by molar-refractivity contribution is -0.122. The molecule has 6 heteroatoms. The summed E-state index contributed by atoms with van der Waals surface area (Å²) in [5.74, 6) is -0.636. The van der Waals surface area contributed by atoms with Crippen LogP contribution in [0, 0.1) is 0 Å². The Bertz CT molecular complexity index is 495. The van der Waals surface area contributed by atoms with Gasteiger partial charge in [-0.2, -0.15) is 0 Å². The average molecular weight is 265 g/mol. The van der Waals surface area contributed by atoms with Crippen molar-refractivity contribution in [2.45, 2.75) is 25.4 Å². The Morgan fingerprint density at radius 2 is 2.26 bits per heavy atom. The number of hydrogen-bond donors (Lipinski definition) is 1. The van der Waals surface area contributed by atoms with Crippen molar-refractivity contribution in [1.29, 1.82) is 0 Å². The van der Waals surface area contributed by atoms with Crippen LogP contribution in [0.5, 0.6) is 0 Å². The van der Waals surface area contributed by atoms with E-state index in [-0.39, 0.29) is 17.9 Å². The van der Waals surface area contributed by atoms with E-state index in [2.05, 4.69) is 4.90 Å². The highest BCUT2D eigenvalue weighted by molar-refractivity contribution is 5.87. The first-order valence-electron chi connectivity index (χ1n) is 6.30. The zero-order valence-corrected chi connectivity index (χ0v) is 11.3. The van der Waals surface area contributed by atoms with Crippen LogP contribution in [0.1, 0.15) is 28.9 Å². The van der Waals surface area contributed by atoms with E-state index in [1.165, 1.54) is 7.11 Å². The van der Waals surface area contributed by atoms with Crippen molar-refractivity contribution in [3.05, 3.63) is 23.5 Å². The molecule has 2 N–H and O–H groups in total. The molecule has 1 aromatic rings. The van der Waals surface area contributed by atoms with Gasteiger partial charge in [-0.3, -0.25) is 9.69 Å². The fourth-order valence-electron chi connectivity index (χ4n) is 2.60. The summed E-state index contributed by atoms with van der Waals surface area (Å²) in [7, 11) is 3.16. The number of primary amides is 1. The fraction of sp³-hybridized carbons (Fsp3) is 0.538. The minimum Gasteiger partial charge on any atom is -0.464 e. The molecule has 0 spiro atoms. The SMILES string of the molecule is COC(=O)c1cc(CN2CCC[C@H]2C(N)=O)cn1C. The molecule has 1 aromatic heterocycles. The summed E-state index contributed by atoms with van der Waals surface area (Å²) in [6.45, 7) is 1.48. The fourth-order valence-corrected chi connectivity index (χ4v) is 2.60. The third kappa shape index (κ3) is 2.78. The second kappa shape index (κ2) is 5.44. The molecule has 2 heterocycles. The van der Waals surface area contributed by atoms with E-state index in [0.717, 1.165) is 24.9 Å². The van der Waals surface area contributed by atoms with Crippen LogP contribution in [0.2, 0.25) is 0 Å². The van der Waals surface area contributed by atoms with Gasteiger partial charge < -0.3 is 15.0 Å². The highest BCUT2D eigenvalue weighted by Gasteiger charge is 2.29. The molecule has 1 saturated heterocycles. The maximum atomic E-state index is 11.5. The van der Waals surface area contributed by atoms with Gasteiger partial charge in [-0.1, -0.05) is 0 Å². The number of methoxy groups -OCH3 is 1. The minimum atomic E-state index is -0.360. The lowest BCUT2D eigenvalue weighted by atomic mass is 10.2. The van der Waals surface area contributed by atoms with Gasteiger partial charge in [0.2, 0.25) is 5.91 Å². The van der Waals surface area contributed by atoms with Crippen LogP contribution < -0.4 is 5.73 Å². The first-order valence-corrected chi connectivity index (χ1v) is 6.30. The summed E-state index contributed by atoms with van der Waals surface area (Å²) in [4.78, 5) is 24.9. The molecule has 0 radical (unpaired) electrons. The smallest absolute Gasteiger partial charge is 0.354 e. The first-order chi connectivity index (χ1) is 9.02. The Balaban J connectivity index is 2.11. The van der Waals surface area contributed by atoms with E-state index in [9.17, 15) is 9.59 Å². The van der Waals surface area contributed by atoms with Crippen molar-refractivity contribution in [2.24, 2.45) is 12.8 Å². The summed E-state index contributed by atoms with van der Waals surface area (Å²) in [6.07, 6.45) is 3.67. The van der Waals surface area contributed by atoms with Crippen LogP contribution in [0.25, 0.3) is 0 Å². The number of aryl methyl sites for hydroxylation is 1. The molecule has 0 aromatic carbocycles. The van der Waals surface area contributed by atoms with Crippen LogP contribution in [0.3, 0.4) is 0 Å². The second-order valence-electron chi connectivity index (χ2n) is 4.87. The molecule has 1 fully saturated rings. The molecule has 104 valence electrons. The number of esters is 1. The summed E-state index contributed by atoms with van der Waals surface area (Å²) >= 11 is 0. The molecule has 6 nitrogen and oxygen atoms in total. The third-order valence-corrected chi connectivity index (χ3v) is 3.53. The van der Waals surface area contributed by atoms with Gasteiger partial charge in [0.1, 0.15) is 5.69 Å². The van der Waals surface area contributed by atoms with Crippen molar-refractivity contribution < 1.29 is 14.3 Å². The van der Waals surface area contributed by atoms with E-state index in [1.54, 1.807) is 17.7 Å². The first kappa shape index (κ1) is 13.6. The Hall–Kier alpha value is -1.82. The molecule has 1 aliphatic heterocycles. The van der Waals surface area contributed by atoms with Crippen molar-refractivity contribution in [1.82, 2.24) is 9.47 Å². The minimum absolute atomic E-state index is 0.193. The van der Waals surface area contributed by atoms with Crippen molar-refractivity contribution in [3.8, 4) is 0 Å². The zero-order chi connectivity index (χ0) is 14.0. The van der Waals surface area contributed by atoms with E-state index >= 15 is 0 Å². The molecule has 19 heavy (non-hydrogen) atoms. The third-order valence-electron chi connectivity index (χ3n) is 3.53. The number of nitrogens with two attached hydrogens (primary N) is 1. The van der Waals surface area contributed by atoms with Gasteiger partial charge in [0.05, 0.1) is 13.2 Å². The standard InChI is InChI=1S/C13H19N3O3/c1-15-7-9(6-11(15)13(18)19-2)8-16-5-3-4-10(16)12(14)17/h6-7,10H,3-5,8H2,1-2H3,(H2,14,17)/t10-/m0/s1. The highest BCUT2D eigenvalue weighted by atomic mass is 16.5. The molecular weight excluding hydrogens is 246 g/mol. The average Bonchev–Trinajstić information content (AvgIpc) is 2.95. The van der Waals surface area contributed by atoms with E-state index in [1.807, 2.05) is 6.20 Å². The quantitative estimate of drug-likeness (QED) is 0.792. The number of ether oxygens (including phenoxy) is 1. The van der Waals surface area contributed by atoms with Gasteiger partial charge in [-0.25, -0.2) is 4.79 Å². The van der Waals surface area contributed by atoms with Gasteiger partial charge in [0.25, 0.3) is 0 Å². The second-order valence-corrected chi connectivity index (χ2v) is 4.87. The molecule has 1 amide bonds. The number of carbonyl (C=O) groups is 2. The lowest BCUT2D eigenvalue weighted by Gasteiger charge is -2.20. The van der Waals surface area contributed by atoms with E-state index in [4.69, 9.17) is 10.5 Å². The molecule has 0 saturated carbocycles. The number of hydrogen-bond acceptors (Lipinski definition) is 4. The molecule has 0 bridgehead atoms. The highest BCUT2D eigenvalue weighted by Crippen LogP contribution is 2.20. The van der Waals surface area contributed by atoms with E-state index < -0.39 is 0 Å². The van der Waals surface area contributed by atoms with Crippen molar-refractivity contribution >= 4 is 11.9 Å². The Kier molecular flexibility index (Phi) is 3.90. The summed E-state index contributed by atoms with van der Waals surface area (Å²) in [6, 6.07) is 1.60. The number of amides is 1.